The third kappa shape index (κ3) is 4.07. The van der Waals surface area contributed by atoms with E-state index in [4.69, 9.17) is 28.9 Å². The Labute approximate surface area is 162 Å². The minimum absolute atomic E-state index is 0.227. The van der Waals surface area contributed by atoms with Crippen LogP contribution in [-0.4, -0.2) is 23.4 Å². The van der Waals surface area contributed by atoms with Crippen molar-refractivity contribution >= 4 is 44.7 Å². The molecule has 2 aromatic rings. The van der Waals surface area contributed by atoms with E-state index in [1.807, 2.05) is 0 Å². The standard InChI is InChI=1S/C14H12Cl2F3N5O2S/c1-6(2)27(25,26)23-11-10(5-20)22-24(13(11)21)12-8(15)3-7(4-9(12)16)14(17,18)19/h3-4,6,23H,21H2,1-2H3. The number of nitrogens with two attached hydrogens (primary N) is 1. The molecule has 1 heterocycles. The predicted molar refractivity (Wildman–Crippen MR) is 95.4 cm³/mol. The number of nitriles is 1. The molecule has 1 aromatic heterocycles. The molecule has 0 aliphatic carbocycles. The second kappa shape index (κ2) is 7.10. The molecule has 0 saturated carbocycles. The molecule has 0 aliphatic rings. The number of sulfonamides is 1. The zero-order valence-corrected chi connectivity index (χ0v) is 16.1. The van der Waals surface area contributed by atoms with Crippen molar-refractivity contribution in [3.63, 3.8) is 0 Å². The Balaban J connectivity index is 2.68. The summed E-state index contributed by atoms with van der Waals surface area (Å²) in [5, 5.41) is 11.3. The molecule has 27 heavy (non-hydrogen) atoms. The summed E-state index contributed by atoms with van der Waals surface area (Å²) in [5.41, 5.74) is 3.83. The van der Waals surface area contributed by atoms with Gasteiger partial charge < -0.3 is 5.73 Å². The van der Waals surface area contributed by atoms with Gasteiger partial charge in [-0.3, -0.25) is 4.72 Å². The summed E-state index contributed by atoms with van der Waals surface area (Å²) < 4.78 is 65.7. The van der Waals surface area contributed by atoms with Crippen molar-refractivity contribution < 1.29 is 21.6 Å². The fraction of sp³-hybridized carbons (Fsp3) is 0.286. The maximum Gasteiger partial charge on any atom is 0.416 e. The molecule has 1 aromatic carbocycles. The first kappa shape index (κ1) is 21.1. The third-order valence-electron chi connectivity index (χ3n) is 3.45. The molecule has 0 saturated heterocycles. The van der Waals surface area contributed by atoms with E-state index >= 15 is 0 Å². The molecule has 3 N–H and O–H groups in total. The van der Waals surface area contributed by atoms with E-state index in [2.05, 4.69) is 9.82 Å². The molecule has 0 aliphatic heterocycles. The molecule has 7 nitrogen and oxygen atoms in total. The van der Waals surface area contributed by atoms with Gasteiger partial charge in [-0.05, 0) is 26.0 Å². The van der Waals surface area contributed by atoms with Crippen LogP contribution in [0.1, 0.15) is 25.1 Å². The van der Waals surface area contributed by atoms with Gasteiger partial charge in [0, 0.05) is 0 Å². The van der Waals surface area contributed by atoms with Gasteiger partial charge in [-0.15, -0.1) is 0 Å². The minimum Gasteiger partial charge on any atom is -0.382 e. The number of rotatable bonds is 4. The topological polar surface area (TPSA) is 114 Å². The Bertz CT molecular complexity index is 1020. The van der Waals surface area contributed by atoms with Crippen molar-refractivity contribution in [1.29, 1.82) is 5.26 Å². The molecule has 146 valence electrons. The van der Waals surface area contributed by atoms with E-state index in [0.717, 1.165) is 4.68 Å². The minimum atomic E-state index is -4.68. The molecule has 2 rings (SSSR count). The lowest BCUT2D eigenvalue weighted by Crippen LogP contribution is -2.23. The van der Waals surface area contributed by atoms with Gasteiger partial charge in [-0.25, -0.2) is 13.1 Å². The molecule has 0 spiro atoms. The predicted octanol–water partition coefficient (Wildman–Crippen LogP) is 3.80. The van der Waals surface area contributed by atoms with Gasteiger partial charge in [0.25, 0.3) is 0 Å². The van der Waals surface area contributed by atoms with Gasteiger partial charge in [0.1, 0.15) is 17.4 Å². The number of hydrogen-bond donors (Lipinski definition) is 2. The van der Waals surface area contributed by atoms with Crippen molar-refractivity contribution in [3.8, 4) is 11.8 Å². The highest BCUT2D eigenvalue weighted by molar-refractivity contribution is 7.93. The smallest absolute Gasteiger partial charge is 0.382 e. The van der Waals surface area contributed by atoms with Crippen molar-refractivity contribution in [2.24, 2.45) is 0 Å². The summed E-state index contributed by atoms with van der Waals surface area (Å²) in [6, 6.07) is 2.90. The van der Waals surface area contributed by atoms with Crippen molar-refractivity contribution in [1.82, 2.24) is 9.78 Å². The highest BCUT2D eigenvalue weighted by atomic mass is 35.5. The SMILES string of the molecule is CC(C)S(=O)(=O)Nc1c(C#N)nn(-c2c(Cl)cc(C(F)(F)F)cc2Cl)c1N. The average Bonchev–Trinajstić information content (AvgIpc) is 2.82. The fourth-order valence-electron chi connectivity index (χ4n) is 1.97. The van der Waals surface area contributed by atoms with Crippen molar-refractivity contribution in [2.75, 3.05) is 10.5 Å². The molecule has 0 atom stereocenters. The van der Waals surface area contributed by atoms with Crippen LogP contribution < -0.4 is 10.5 Å². The van der Waals surface area contributed by atoms with E-state index in [0.29, 0.717) is 12.1 Å². The molecular weight excluding hydrogens is 430 g/mol. The van der Waals surface area contributed by atoms with Crippen LogP contribution in [0.2, 0.25) is 10.0 Å². The molecule has 0 unspecified atom stereocenters. The van der Waals surface area contributed by atoms with Crippen LogP contribution in [0.4, 0.5) is 24.7 Å². The summed E-state index contributed by atoms with van der Waals surface area (Å²) in [5.74, 6) is -0.362. The quantitative estimate of drug-likeness (QED) is 0.748. The highest BCUT2D eigenvalue weighted by Crippen LogP contribution is 2.39. The van der Waals surface area contributed by atoms with E-state index in [9.17, 15) is 26.9 Å². The Morgan fingerprint density at radius 3 is 2.22 bits per heavy atom. The van der Waals surface area contributed by atoms with Gasteiger partial charge in [0.05, 0.1) is 20.9 Å². The van der Waals surface area contributed by atoms with Crippen LogP contribution in [0.25, 0.3) is 5.69 Å². The largest absolute Gasteiger partial charge is 0.416 e. The number of nitrogens with one attached hydrogen (secondary N) is 1. The molecule has 13 heteroatoms. The maximum atomic E-state index is 12.9. The first-order valence-corrected chi connectivity index (χ1v) is 9.46. The van der Waals surface area contributed by atoms with E-state index in [1.54, 1.807) is 6.07 Å². The molecule has 0 radical (unpaired) electrons. The van der Waals surface area contributed by atoms with Gasteiger partial charge in [-0.2, -0.15) is 23.5 Å². The van der Waals surface area contributed by atoms with E-state index in [-0.39, 0.29) is 17.2 Å². The Hall–Kier alpha value is -2.16. The lowest BCUT2D eigenvalue weighted by molar-refractivity contribution is -0.137. The average molecular weight is 442 g/mol. The molecule has 0 amide bonds. The van der Waals surface area contributed by atoms with Crippen LogP contribution in [0.5, 0.6) is 0 Å². The first-order chi connectivity index (χ1) is 12.3. The number of nitrogen functional groups attached to an aromatic ring is 1. The van der Waals surface area contributed by atoms with Crippen LogP contribution in [0.3, 0.4) is 0 Å². The number of anilines is 2. The summed E-state index contributed by atoms with van der Waals surface area (Å²) in [4.78, 5) is 0. The summed E-state index contributed by atoms with van der Waals surface area (Å²) in [6.45, 7) is 2.80. The Morgan fingerprint density at radius 1 is 1.30 bits per heavy atom. The number of nitrogens with zero attached hydrogens (tertiary/aromatic N) is 3. The van der Waals surface area contributed by atoms with Gasteiger partial charge in [-0.1, -0.05) is 23.2 Å². The zero-order valence-electron chi connectivity index (χ0n) is 13.8. The zero-order chi connectivity index (χ0) is 20.7. The van der Waals surface area contributed by atoms with E-state index < -0.39 is 42.8 Å². The van der Waals surface area contributed by atoms with Gasteiger partial charge in [0.15, 0.2) is 11.5 Å². The lowest BCUT2D eigenvalue weighted by atomic mass is 10.2. The summed E-state index contributed by atoms with van der Waals surface area (Å²) in [6.07, 6.45) is -4.68. The fourth-order valence-corrected chi connectivity index (χ4v) is 3.34. The van der Waals surface area contributed by atoms with Crippen LogP contribution in [-0.2, 0) is 16.2 Å². The number of halogens is 5. The molecule has 0 fully saturated rings. The normalized spacial score (nSPS) is 12.3. The lowest BCUT2D eigenvalue weighted by Gasteiger charge is -2.14. The van der Waals surface area contributed by atoms with Crippen molar-refractivity contribution in [3.05, 3.63) is 33.4 Å². The third-order valence-corrected chi connectivity index (χ3v) is 5.75. The van der Waals surface area contributed by atoms with Crippen LogP contribution >= 0.6 is 23.2 Å². The second-order valence-corrected chi connectivity index (χ2v) is 8.67. The molecule has 0 bridgehead atoms. The maximum absolute atomic E-state index is 12.9. The second-order valence-electron chi connectivity index (χ2n) is 5.61. The van der Waals surface area contributed by atoms with Crippen LogP contribution in [0, 0.1) is 11.3 Å². The highest BCUT2D eigenvalue weighted by Gasteiger charge is 2.33. The van der Waals surface area contributed by atoms with Crippen molar-refractivity contribution in [2.45, 2.75) is 25.3 Å². The van der Waals surface area contributed by atoms with E-state index in [1.165, 1.54) is 13.8 Å². The summed E-state index contributed by atoms with van der Waals surface area (Å²) >= 11 is 11.8. The number of hydrogen-bond acceptors (Lipinski definition) is 5. The molecular formula is C14H12Cl2F3N5O2S. The van der Waals surface area contributed by atoms with Gasteiger partial charge in [0.2, 0.25) is 10.0 Å². The number of benzene rings is 1. The summed E-state index contributed by atoms with van der Waals surface area (Å²) in [7, 11) is -3.87. The number of aromatic nitrogens is 2. The Morgan fingerprint density at radius 2 is 1.81 bits per heavy atom. The Kier molecular flexibility index (Phi) is 5.56. The first-order valence-electron chi connectivity index (χ1n) is 7.16. The monoisotopic (exact) mass is 441 g/mol. The van der Waals surface area contributed by atoms with Crippen LogP contribution in [0.15, 0.2) is 12.1 Å². The number of alkyl halides is 3. The van der Waals surface area contributed by atoms with Gasteiger partial charge >= 0.3 is 6.18 Å².